The number of nitrogens with one attached hydrogen (secondary N) is 2. The van der Waals surface area contributed by atoms with E-state index in [1.165, 1.54) is 30.3 Å². The van der Waals surface area contributed by atoms with Crippen LogP contribution in [0.1, 0.15) is 21.7 Å². The standard InChI is InChI=1S/C18H17N3O4S/c1-12-3-5-14(6-4-12)18(22)19-15-7-9-16(10-8-15)26(23,24)21-17-11-13(2)25-20-17/h3-11H,1-2H3,(H,19,22)(H,20,21). The lowest BCUT2D eigenvalue weighted by Crippen LogP contribution is -2.14. The van der Waals surface area contributed by atoms with Crippen molar-refractivity contribution in [3.63, 3.8) is 0 Å². The van der Waals surface area contributed by atoms with E-state index < -0.39 is 10.0 Å². The Bertz CT molecular complexity index is 1020. The minimum Gasteiger partial charge on any atom is -0.360 e. The molecular weight excluding hydrogens is 354 g/mol. The van der Waals surface area contributed by atoms with Gasteiger partial charge in [-0.3, -0.25) is 9.52 Å². The molecule has 0 atom stereocenters. The van der Waals surface area contributed by atoms with E-state index in [1.807, 2.05) is 19.1 Å². The van der Waals surface area contributed by atoms with Gasteiger partial charge in [0.15, 0.2) is 5.82 Å². The number of anilines is 2. The third-order valence-electron chi connectivity index (χ3n) is 3.60. The molecule has 0 saturated carbocycles. The second-order valence-electron chi connectivity index (χ2n) is 5.77. The van der Waals surface area contributed by atoms with Crippen molar-refractivity contribution in [2.75, 3.05) is 10.0 Å². The number of hydrogen-bond donors (Lipinski definition) is 2. The number of carbonyl (C=O) groups excluding carboxylic acids is 1. The molecule has 0 spiro atoms. The average Bonchev–Trinajstić information content (AvgIpc) is 3.00. The number of benzene rings is 2. The highest BCUT2D eigenvalue weighted by Gasteiger charge is 2.16. The fraction of sp³-hybridized carbons (Fsp3) is 0.111. The van der Waals surface area contributed by atoms with Gasteiger partial charge in [0, 0.05) is 17.3 Å². The highest BCUT2D eigenvalue weighted by atomic mass is 32.2. The first-order chi connectivity index (χ1) is 12.3. The summed E-state index contributed by atoms with van der Waals surface area (Å²) in [7, 11) is -3.79. The summed E-state index contributed by atoms with van der Waals surface area (Å²) in [6, 6.07) is 14.5. The summed E-state index contributed by atoms with van der Waals surface area (Å²) in [5, 5.41) is 6.33. The molecule has 1 amide bonds. The van der Waals surface area contributed by atoms with Crippen LogP contribution in [0.5, 0.6) is 0 Å². The molecule has 0 fully saturated rings. The molecule has 0 aliphatic carbocycles. The van der Waals surface area contributed by atoms with Gasteiger partial charge in [0.25, 0.3) is 15.9 Å². The molecule has 7 nitrogen and oxygen atoms in total. The first-order valence-electron chi connectivity index (χ1n) is 7.78. The van der Waals surface area contributed by atoms with Crippen molar-refractivity contribution < 1.29 is 17.7 Å². The second kappa shape index (κ2) is 7.01. The van der Waals surface area contributed by atoms with E-state index in [4.69, 9.17) is 4.52 Å². The van der Waals surface area contributed by atoms with Crippen molar-refractivity contribution in [2.45, 2.75) is 18.7 Å². The van der Waals surface area contributed by atoms with Crippen LogP contribution in [0.3, 0.4) is 0 Å². The van der Waals surface area contributed by atoms with Gasteiger partial charge in [-0.1, -0.05) is 22.9 Å². The van der Waals surface area contributed by atoms with Crippen molar-refractivity contribution in [1.29, 1.82) is 0 Å². The SMILES string of the molecule is Cc1ccc(C(=O)Nc2ccc(S(=O)(=O)Nc3cc(C)on3)cc2)cc1. The third kappa shape index (κ3) is 4.09. The Labute approximate surface area is 151 Å². The number of rotatable bonds is 5. The summed E-state index contributed by atoms with van der Waals surface area (Å²) < 4.78 is 31.8. The molecule has 134 valence electrons. The number of sulfonamides is 1. The van der Waals surface area contributed by atoms with Crippen molar-refractivity contribution in [2.24, 2.45) is 0 Å². The van der Waals surface area contributed by atoms with E-state index >= 15 is 0 Å². The number of carbonyl (C=O) groups is 1. The smallest absolute Gasteiger partial charge is 0.263 e. The summed E-state index contributed by atoms with van der Waals surface area (Å²) in [6.45, 7) is 3.60. The van der Waals surface area contributed by atoms with Crippen LogP contribution in [0.4, 0.5) is 11.5 Å². The Morgan fingerprint density at radius 2 is 1.65 bits per heavy atom. The largest absolute Gasteiger partial charge is 0.360 e. The van der Waals surface area contributed by atoms with E-state index in [-0.39, 0.29) is 16.6 Å². The van der Waals surface area contributed by atoms with Gasteiger partial charge in [0.05, 0.1) is 4.90 Å². The maximum atomic E-state index is 12.3. The lowest BCUT2D eigenvalue weighted by atomic mass is 10.1. The fourth-order valence-electron chi connectivity index (χ4n) is 2.24. The Hall–Kier alpha value is -3.13. The molecule has 0 unspecified atom stereocenters. The highest BCUT2D eigenvalue weighted by Crippen LogP contribution is 2.18. The first-order valence-corrected chi connectivity index (χ1v) is 9.26. The van der Waals surface area contributed by atoms with Crippen molar-refractivity contribution in [3.8, 4) is 0 Å². The molecule has 2 aromatic carbocycles. The molecule has 0 radical (unpaired) electrons. The van der Waals surface area contributed by atoms with E-state index in [0.717, 1.165) is 5.56 Å². The van der Waals surface area contributed by atoms with E-state index in [0.29, 0.717) is 17.0 Å². The van der Waals surface area contributed by atoms with Crippen LogP contribution in [-0.4, -0.2) is 19.5 Å². The molecular formula is C18H17N3O4S. The minimum absolute atomic E-state index is 0.0477. The van der Waals surface area contributed by atoms with Gasteiger partial charge in [-0.25, -0.2) is 8.42 Å². The van der Waals surface area contributed by atoms with Gasteiger partial charge in [-0.2, -0.15) is 0 Å². The summed E-state index contributed by atoms with van der Waals surface area (Å²) in [5.74, 6) is 0.341. The highest BCUT2D eigenvalue weighted by molar-refractivity contribution is 7.92. The van der Waals surface area contributed by atoms with Crippen molar-refractivity contribution in [1.82, 2.24) is 5.16 Å². The van der Waals surface area contributed by atoms with Crippen LogP contribution in [0.15, 0.2) is 64.0 Å². The van der Waals surface area contributed by atoms with Crippen LogP contribution in [0.25, 0.3) is 0 Å². The van der Waals surface area contributed by atoms with Crippen molar-refractivity contribution >= 4 is 27.4 Å². The molecule has 26 heavy (non-hydrogen) atoms. The van der Waals surface area contributed by atoms with Crippen LogP contribution in [0, 0.1) is 13.8 Å². The minimum atomic E-state index is -3.79. The summed E-state index contributed by atoms with van der Waals surface area (Å²) in [6.07, 6.45) is 0. The summed E-state index contributed by atoms with van der Waals surface area (Å²) in [5.41, 5.74) is 2.08. The number of nitrogens with zero attached hydrogens (tertiary/aromatic N) is 1. The zero-order valence-electron chi connectivity index (χ0n) is 14.2. The van der Waals surface area contributed by atoms with Gasteiger partial charge in [-0.05, 0) is 50.2 Å². The van der Waals surface area contributed by atoms with Gasteiger partial charge in [0.1, 0.15) is 5.76 Å². The predicted molar refractivity (Wildman–Crippen MR) is 97.6 cm³/mol. The Morgan fingerprint density at radius 1 is 1.00 bits per heavy atom. The van der Waals surface area contributed by atoms with Crippen LogP contribution < -0.4 is 10.0 Å². The molecule has 1 heterocycles. The van der Waals surface area contributed by atoms with Crippen LogP contribution in [0.2, 0.25) is 0 Å². The number of aryl methyl sites for hydroxylation is 2. The lowest BCUT2D eigenvalue weighted by molar-refractivity contribution is 0.102. The molecule has 0 aliphatic heterocycles. The molecule has 1 aromatic heterocycles. The normalized spacial score (nSPS) is 11.2. The van der Waals surface area contributed by atoms with Crippen LogP contribution in [-0.2, 0) is 10.0 Å². The zero-order valence-corrected chi connectivity index (χ0v) is 15.0. The molecule has 3 aromatic rings. The summed E-state index contributed by atoms with van der Waals surface area (Å²) >= 11 is 0. The fourth-order valence-corrected chi connectivity index (χ4v) is 3.22. The van der Waals surface area contributed by atoms with Gasteiger partial charge in [-0.15, -0.1) is 0 Å². The monoisotopic (exact) mass is 371 g/mol. The Morgan fingerprint density at radius 3 is 2.23 bits per heavy atom. The quantitative estimate of drug-likeness (QED) is 0.716. The summed E-state index contributed by atoms with van der Waals surface area (Å²) in [4.78, 5) is 12.2. The first kappa shape index (κ1) is 17.7. The maximum absolute atomic E-state index is 12.3. The molecule has 8 heteroatoms. The average molecular weight is 371 g/mol. The predicted octanol–water partition coefficient (Wildman–Crippen LogP) is 3.34. The number of aromatic nitrogens is 1. The Balaban J connectivity index is 1.71. The lowest BCUT2D eigenvalue weighted by Gasteiger charge is -2.08. The molecule has 3 rings (SSSR count). The molecule has 0 aliphatic rings. The molecule has 0 saturated heterocycles. The van der Waals surface area contributed by atoms with Gasteiger partial charge < -0.3 is 9.84 Å². The number of amides is 1. The van der Waals surface area contributed by atoms with E-state index in [2.05, 4.69) is 15.2 Å². The molecule has 0 bridgehead atoms. The Kier molecular flexibility index (Phi) is 4.77. The van der Waals surface area contributed by atoms with Gasteiger partial charge in [0.2, 0.25) is 0 Å². The maximum Gasteiger partial charge on any atom is 0.263 e. The number of hydrogen-bond acceptors (Lipinski definition) is 5. The van der Waals surface area contributed by atoms with Gasteiger partial charge >= 0.3 is 0 Å². The zero-order chi connectivity index (χ0) is 18.7. The molecule has 2 N–H and O–H groups in total. The third-order valence-corrected chi connectivity index (χ3v) is 4.97. The van der Waals surface area contributed by atoms with Crippen molar-refractivity contribution in [3.05, 3.63) is 71.5 Å². The second-order valence-corrected chi connectivity index (χ2v) is 7.46. The van der Waals surface area contributed by atoms with E-state index in [9.17, 15) is 13.2 Å². The van der Waals surface area contributed by atoms with E-state index in [1.54, 1.807) is 19.1 Å². The topological polar surface area (TPSA) is 101 Å². The van der Waals surface area contributed by atoms with Crippen LogP contribution >= 0.6 is 0 Å².